The van der Waals surface area contributed by atoms with Gasteiger partial charge in [-0.2, -0.15) is 13.2 Å². The number of hydrogen-bond acceptors (Lipinski definition) is 5. The minimum atomic E-state index is -4.10. The van der Waals surface area contributed by atoms with E-state index in [0.29, 0.717) is 32.0 Å². The van der Waals surface area contributed by atoms with Gasteiger partial charge in [-0.15, -0.1) is 0 Å². The molecule has 2 saturated heterocycles. The van der Waals surface area contributed by atoms with Crippen LogP contribution in [0.1, 0.15) is 70.6 Å². The van der Waals surface area contributed by atoms with E-state index in [1.807, 2.05) is 0 Å². The highest BCUT2D eigenvalue weighted by atomic mass is 19.4. The van der Waals surface area contributed by atoms with Gasteiger partial charge >= 0.3 is 12.1 Å². The molecule has 2 heterocycles. The van der Waals surface area contributed by atoms with E-state index in [1.54, 1.807) is 0 Å². The van der Waals surface area contributed by atoms with Crippen LogP contribution in [0, 0.1) is 23.7 Å². The molecule has 4 unspecified atom stereocenters. The number of nitrogens with one attached hydrogen (secondary N) is 3. The van der Waals surface area contributed by atoms with Crippen molar-refractivity contribution in [2.24, 2.45) is 23.7 Å². The lowest BCUT2D eigenvalue weighted by atomic mass is 9.77. The van der Waals surface area contributed by atoms with Crippen molar-refractivity contribution < 1.29 is 27.5 Å². The van der Waals surface area contributed by atoms with E-state index in [1.165, 1.54) is 0 Å². The molecule has 4 fully saturated rings. The molecule has 34 heavy (non-hydrogen) atoms. The number of halogens is 4. The molecule has 6 nitrogen and oxygen atoms in total. The molecule has 0 aromatic heterocycles. The molecule has 2 aliphatic heterocycles. The minimum Gasteiger partial charge on any atom is -0.481 e. The Morgan fingerprint density at radius 1 is 1.00 bits per heavy atom. The van der Waals surface area contributed by atoms with E-state index >= 15 is 4.39 Å². The molecule has 2 saturated carbocycles. The first-order chi connectivity index (χ1) is 16.2. The topological polar surface area (TPSA) is 76.6 Å². The summed E-state index contributed by atoms with van der Waals surface area (Å²) < 4.78 is 54.8. The molecule has 4 aliphatic rings. The van der Waals surface area contributed by atoms with Gasteiger partial charge in [-0.1, -0.05) is 0 Å². The van der Waals surface area contributed by atoms with Crippen molar-refractivity contribution >= 4 is 5.97 Å². The van der Waals surface area contributed by atoms with Gasteiger partial charge in [-0.25, -0.2) is 4.39 Å². The van der Waals surface area contributed by atoms with Gasteiger partial charge in [-0.3, -0.25) is 25.6 Å². The Balaban J connectivity index is 1.24. The van der Waals surface area contributed by atoms with Gasteiger partial charge < -0.3 is 5.11 Å². The zero-order chi connectivity index (χ0) is 24.3. The standard InChI is InChI=1S/C24H40F4N4O2/c25-20-21(29-12-11-15-3-5-17(6-4-15)23(33)34)30-14-31-22(20)32-13-1-2-19(32)16-7-9-18(10-8-16)24(26,27)28/h15-22,29-31H,1-14H2,(H,33,34). The van der Waals surface area contributed by atoms with Crippen molar-refractivity contribution in [1.29, 1.82) is 0 Å². The summed E-state index contributed by atoms with van der Waals surface area (Å²) in [5, 5.41) is 18.9. The molecule has 0 aromatic rings. The molecule has 0 amide bonds. The maximum atomic E-state index is 15.6. The van der Waals surface area contributed by atoms with Gasteiger partial charge in [0.2, 0.25) is 0 Å². The first-order valence-corrected chi connectivity index (χ1v) is 13.1. The number of nitrogens with zero attached hydrogens (tertiary/aromatic N) is 1. The van der Waals surface area contributed by atoms with Crippen molar-refractivity contribution in [1.82, 2.24) is 20.9 Å². The number of aliphatic carboxylic acids is 1. The summed E-state index contributed by atoms with van der Waals surface area (Å²) >= 11 is 0. The van der Waals surface area contributed by atoms with E-state index in [0.717, 1.165) is 51.5 Å². The Bertz CT molecular complexity index is 666. The zero-order valence-electron chi connectivity index (χ0n) is 19.8. The highest BCUT2D eigenvalue weighted by Gasteiger charge is 2.46. The van der Waals surface area contributed by atoms with Gasteiger partial charge in [-0.05, 0) is 89.0 Å². The molecule has 2 aliphatic carbocycles. The van der Waals surface area contributed by atoms with Crippen molar-refractivity contribution in [3.05, 3.63) is 0 Å². The third-order valence-electron chi connectivity index (χ3n) is 8.84. The Hall–Kier alpha value is -0.970. The molecule has 4 atom stereocenters. The molecule has 0 aromatic carbocycles. The first-order valence-electron chi connectivity index (χ1n) is 13.1. The molecule has 4 N–H and O–H groups in total. The molecule has 10 heteroatoms. The summed E-state index contributed by atoms with van der Waals surface area (Å²) in [4.78, 5) is 13.3. The maximum Gasteiger partial charge on any atom is 0.391 e. The van der Waals surface area contributed by atoms with Crippen LogP contribution >= 0.6 is 0 Å². The maximum absolute atomic E-state index is 15.6. The second-order valence-corrected chi connectivity index (χ2v) is 10.9. The lowest BCUT2D eigenvalue weighted by molar-refractivity contribution is -0.185. The predicted molar refractivity (Wildman–Crippen MR) is 121 cm³/mol. The molecule has 196 valence electrons. The summed E-state index contributed by atoms with van der Waals surface area (Å²) in [6.07, 6.45) is 1.41. The smallest absolute Gasteiger partial charge is 0.391 e. The van der Waals surface area contributed by atoms with Crippen LogP contribution in [0.4, 0.5) is 17.6 Å². The van der Waals surface area contributed by atoms with Gasteiger partial charge in [0.25, 0.3) is 0 Å². The van der Waals surface area contributed by atoms with E-state index in [4.69, 9.17) is 5.11 Å². The average molecular weight is 493 g/mol. The van der Waals surface area contributed by atoms with Gasteiger partial charge in [0.05, 0.1) is 24.2 Å². The third-order valence-corrected chi connectivity index (χ3v) is 8.84. The number of hydrogen-bond donors (Lipinski definition) is 4. The van der Waals surface area contributed by atoms with Crippen LogP contribution in [0.25, 0.3) is 0 Å². The highest BCUT2D eigenvalue weighted by Crippen LogP contribution is 2.43. The summed E-state index contributed by atoms with van der Waals surface area (Å²) in [5.74, 6) is -1.42. The molecular weight excluding hydrogens is 452 g/mol. The third kappa shape index (κ3) is 6.23. The molecule has 0 radical (unpaired) electrons. The van der Waals surface area contributed by atoms with Crippen LogP contribution in [0.5, 0.6) is 0 Å². The number of likely N-dealkylation sites (tertiary alicyclic amines) is 1. The van der Waals surface area contributed by atoms with Crippen molar-refractivity contribution in [2.75, 3.05) is 19.8 Å². The monoisotopic (exact) mass is 492 g/mol. The van der Waals surface area contributed by atoms with Crippen LogP contribution in [-0.4, -0.2) is 66.5 Å². The Morgan fingerprint density at radius 2 is 1.71 bits per heavy atom. The van der Waals surface area contributed by atoms with Gasteiger partial charge in [0, 0.05) is 19.3 Å². The van der Waals surface area contributed by atoms with Crippen molar-refractivity contribution in [2.45, 2.75) is 101 Å². The fraction of sp³-hybridized carbons (Fsp3) is 0.958. The fourth-order valence-electron chi connectivity index (χ4n) is 6.80. The quantitative estimate of drug-likeness (QED) is 0.405. The largest absolute Gasteiger partial charge is 0.481 e. The number of rotatable bonds is 7. The molecular formula is C24H40F4N4O2. The van der Waals surface area contributed by atoms with E-state index in [-0.39, 0.29) is 30.7 Å². The van der Waals surface area contributed by atoms with Gasteiger partial charge in [0.15, 0.2) is 6.17 Å². The van der Waals surface area contributed by atoms with Crippen molar-refractivity contribution in [3.63, 3.8) is 0 Å². The summed E-state index contributed by atoms with van der Waals surface area (Å²) in [7, 11) is 0. The lowest BCUT2D eigenvalue weighted by Crippen LogP contribution is -2.69. The Kier molecular flexibility index (Phi) is 8.75. The van der Waals surface area contributed by atoms with Gasteiger partial charge in [0.1, 0.15) is 0 Å². The van der Waals surface area contributed by atoms with E-state index < -0.39 is 36.6 Å². The molecule has 0 spiro atoms. The molecule has 4 rings (SSSR count). The Labute approximate surface area is 199 Å². The highest BCUT2D eigenvalue weighted by molar-refractivity contribution is 5.69. The van der Waals surface area contributed by atoms with Crippen molar-refractivity contribution in [3.8, 4) is 0 Å². The second-order valence-electron chi connectivity index (χ2n) is 10.9. The number of carboxylic acids is 1. The van der Waals surface area contributed by atoms with Crippen LogP contribution in [0.15, 0.2) is 0 Å². The van der Waals surface area contributed by atoms with Crippen LogP contribution in [0.3, 0.4) is 0 Å². The fourth-order valence-corrected chi connectivity index (χ4v) is 6.80. The normalized spacial score (nSPS) is 40.4. The number of carboxylic acid groups (broad SMARTS) is 1. The minimum absolute atomic E-state index is 0.146. The second kappa shape index (κ2) is 11.4. The predicted octanol–water partition coefficient (Wildman–Crippen LogP) is 3.83. The summed E-state index contributed by atoms with van der Waals surface area (Å²) in [5.41, 5.74) is 0. The van der Waals surface area contributed by atoms with E-state index in [2.05, 4.69) is 20.9 Å². The average Bonchev–Trinajstić information content (AvgIpc) is 3.30. The number of alkyl halides is 4. The number of carbonyl (C=O) groups is 1. The Morgan fingerprint density at radius 3 is 2.35 bits per heavy atom. The van der Waals surface area contributed by atoms with Crippen LogP contribution in [-0.2, 0) is 4.79 Å². The first kappa shape index (κ1) is 26.1. The lowest BCUT2D eigenvalue weighted by Gasteiger charge is -2.45. The summed E-state index contributed by atoms with van der Waals surface area (Å²) in [6, 6.07) is 0.146. The zero-order valence-corrected chi connectivity index (χ0v) is 19.8. The SMILES string of the molecule is O=C(O)C1CCC(CCNC2NCNC(N3CCCC3C3CCC(C(F)(F)F)CC3)C2F)CC1. The van der Waals surface area contributed by atoms with E-state index in [9.17, 15) is 18.0 Å². The summed E-state index contributed by atoms with van der Waals surface area (Å²) in [6.45, 7) is 1.94. The van der Waals surface area contributed by atoms with Crippen LogP contribution in [0.2, 0.25) is 0 Å². The molecule has 0 bridgehead atoms. The van der Waals surface area contributed by atoms with Crippen LogP contribution < -0.4 is 16.0 Å².